The number of halogens is 1. The summed E-state index contributed by atoms with van der Waals surface area (Å²) >= 11 is 5.93. The molecule has 4 heteroatoms. The van der Waals surface area contributed by atoms with Crippen LogP contribution in [0, 0.1) is 0 Å². The van der Waals surface area contributed by atoms with E-state index < -0.39 is 0 Å². The summed E-state index contributed by atoms with van der Waals surface area (Å²) in [5.41, 5.74) is 8.58. The highest BCUT2D eigenvalue weighted by Gasteiger charge is 2.01. The lowest BCUT2D eigenvalue weighted by Crippen LogP contribution is -2.02. The van der Waals surface area contributed by atoms with Crippen LogP contribution in [0.2, 0.25) is 5.02 Å². The number of nitrogens with one attached hydrogen (secondary N) is 1. The molecule has 94 valence electrons. The molecule has 0 atom stereocenters. The number of ether oxygens (including phenoxy) is 1. The topological polar surface area (TPSA) is 47.3 Å². The first kappa shape index (κ1) is 12.6. The molecule has 2 rings (SSSR count). The molecular weight excluding hydrogens is 248 g/mol. The van der Waals surface area contributed by atoms with E-state index in [-0.39, 0.29) is 0 Å². The second-order valence-electron chi connectivity index (χ2n) is 3.94. The highest BCUT2D eigenvalue weighted by Crippen LogP contribution is 2.24. The van der Waals surface area contributed by atoms with Gasteiger partial charge in [-0.15, -0.1) is 0 Å². The van der Waals surface area contributed by atoms with E-state index in [1.54, 1.807) is 13.2 Å². The van der Waals surface area contributed by atoms with E-state index in [0.29, 0.717) is 12.2 Å². The SMILES string of the molecule is COc1ccc(NCc2cccc(Cl)c2)c(N)c1. The van der Waals surface area contributed by atoms with E-state index in [1.165, 1.54) is 0 Å². The van der Waals surface area contributed by atoms with Crippen molar-refractivity contribution in [1.29, 1.82) is 0 Å². The van der Waals surface area contributed by atoms with E-state index in [9.17, 15) is 0 Å². The second-order valence-corrected chi connectivity index (χ2v) is 4.37. The third kappa shape index (κ3) is 3.08. The summed E-state index contributed by atoms with van der Waals surface area (Å²) in [6.45, 7) is 0.678. The van der Waals surface area contributed by atoms with Gasteiger partial charge in [0.2, 0.25) is 0 Å². The van der Waals surface area contributed by atoms with E-state index >= 15 is 0 Å². The Balaban J connectivity index is 2.06. The first-order valence-electron chi connectivity index (χ1n) is 5.61. The molecule has 0 aliphatic heterocycles. The third-order valence-electron chi connectivity index (χ3n) is 2.63. The smallest absolute Gasteiger partial charge is 0.121 e. The summed E-state index contributed by atoms with van der Waals surface area (Å²) in [4.78, 5) is 0. The molecule has 0 radical (unpaired) electrons. The van der Waals surface area contributed by atoms with Gasteiger partial charge in [-0.25, -0.2) is 0 Å². The summed E-state index contributed by atoms with van der Waals surface area (Å²) in [5, 5.41) is 4.00. The molecule has 3 nitrogen and oxygen atoms in total. The number of nitrogens with two attached hydrogens (primary N) is 1. The number of hydrogen-bond acceptors (Lipinski definition) is 3. The lowest BCUT2D eigenvalue weighted by molar-refractivity contribution is 0.415. The van der Waals surface area contributed by atoms with Crippen LogP contribution in [0.15, 0.2) is 42.5 Å². The molecule has 0 spiro atoms. The van der Waals surface area contributed by atoms with Crippen LogP contribution in [0.1, 0.15) is 5.56 Å². The molecule has 0 saturated heterocycles. The molecule has 0 aliphatic rings. The molecule has 0 aromatic heterocycles. The highest BCUT2D eigenvalue weighted by molar-refractivity contribution is 6.30. The van der Waals surface area contributed by atoms with Crippen molar-refractivity contribution in [3.8, 4) is 5.75 Å². The van der Waals surface area contributed by atoms with Crippen molar-refractivity contribution in [1.82, 2.24) is 0 Å². The van der Waals surface area contributed by atoms with Gasteiger partial charge in [-0.2, -0.15) is 0 Å². The maximum absolute atomic E-state index is 5.93. The zero-order chi connectivity index (χ0) is 13.0. The number of anilines is 2. The lowest BCUT2D eigenvalue weighted by Gasteiger charge is -2.10. The van der Waals surface area contributed by atoms with Gasteiger partial charge in [0.05, 0.1) is 18.5 Å². The van der Waals surface area contributed by atoms with Crippen LogP contribution >= 0.6 is 11.6 Å². The summed E-state index contributed by atoms with van der Waals surface area (Å²) in [6, 6.07) is 13.3. The van der Waals surface area contributed by atoms with Gasteiger partial charge in [-0.05, 0) is 29.8 Å². The van der Waals surface area contributed by atoms with Gasteiger partial charge in [0, 0.05) is 17.6 Å². The Kier molecular flexibility index (Phi) is 3.95. The Morgan fingerprint density at radius 2 is 2.06 bits per heavy atom. The Labute approximate surface area is 112 Å². The molecule has 0 heterocycles. The average molecular weight is 263 g/mol. The van der Waals surface area contributed by atoms with Gasteiger partial charge in [0.1, 0.15) is 5.75 Å². The lowest BCUT2D eigenvalue weighted by atomic mass is 10.2. The van der Waals surface area contributed by atoms with Gasteiger partial charge in [0.25, 0.3) is 0 Å². The minimum atomic E-state index is 0.663. The van der Waals surface area contributed by atoms with Crippen LogP contribution in [-0.2, 0) is 6.54 Å². The molecule has 3 N–H and O–H groups in total. The van der Waals surface area contributed by atoms with Gasteiger partial charge >= 0.3 is 0 Å². The van der Waals surface area contributed by atoms with Crippen LogP contribution < -0.4 is 15.8 Å². The molecule has 0 fully saturated rings. The summed E-state index contributed by atoms with van der Waals surface area (Å²) in [6.07, 6.45) is 0. The molecule has 0 bridgehead atoms. The quantitative estimate of drug-likeness (QED) is 0.829. The minimum Gasteiger partial charge on any atom is -0.497 e. The molecule has 18 heavy (non-hydrogen) atoms. The number of methoxy groups -OCH3 is 1. The Bertz CT molecular complexity index is 543. The molecule has 2 aromatic carbocycles. The predicted octanol–water partition coefficient (Wildman–Crippen LogP) is 3.54. The fourth-order valence-corrected chi connectivity index (χ4v) is 1.89. The average Bonchev–Trinajstić information content (AvgIpc) is 2.37. The minimum absolute atomic E-state index is 0.663. The Morgan fingerprint density at radius 1 is 1.22 bits per heavy atom. The standard InChI is InChI=1S/C14H15ClN2O/c1-18-12-5-6-14(13(16)8-12)17-9-10-3-2-4-11(15)7-10/h2-8,17H,9,16H2,1H3. The van der Waals surface area contributed by atoms with E-state index in [2.05, 4.69) is 5.32 Å². The highest BCUT2D eigenvalue weighted by atomic mass is 35.5. The monoisotopic (exact) mass is 262 g/mol. The summed E-state index contributed by atoms with van der Waals surface area (Å²) in [7, 11) is 1.62. The second kappa shape index (κ2) is 5.65. The van der Waals surface area contributed by atoms with Crippen LogP contribution in [0.4, 0.5) is 11.4 Å². The maximum atomic E-state index is 5.93. The van der Waals surface area contributed by atoms with E-state index in [0.717, 1.165) is 22.0 Å². The van der Waals surface area contributed by atoms with Crippen molar-refractivity contribution in [2.24, 2.45) is 0 Å². The number of rotatable bonds is 4. The number of hydrogen-bond donors (Lipinski definition) is 2. The maximum Gasteiger partial charge on any atom is 0.121 e. The number of nitrogen functional groups attached to an aromatic ring is 1. The summed E-state index contributed by atoms with van der Waals surface area (Å²) < 4.78 is 5.10. The first-order valence-corrected chi connectivity index (χ1v) is 5.98. The zero-order valence-electron chi connectivity index (χ0n) is 10.1. The van der Waals surface area contributed by atoms with Crippen molar-refractivity contribution >= 4 is 23.0 Å². The first-order chi connectivity index (χ1) is 8.69. The van der Waals surface area contributed by atoms with Crippen molar-refractivity contribution in [2.45, 2.75) is 6.54 Å². The van der Waals surface area contributed by atoms with E-state index in [1.807, 2.05) is 36.4 Å². The number of benzene rings is 2. The van der Waals surface area contributed by atoms with Crippen LogP contribution in [0.25, 0.3) is 0 Å². The van der Waals surface area contributed by atoms with Crippen LogP contribution in [0.5, 0.6) is 5.75 Å². The van der Waals surface area contributed by atoms with Crippen molar-refractivity contribution < 1.29 is 4.74 Å². The summed E-state index contributed by atoms with van der Waals surface area (Å²) in [5.74, 6) is 0.751. The Hall–Kier alpha value is -1.87. The molecule has 2 aromatic rings. The van der Waals surface area contributed by atoms with Gasteiger partial charge < -0.3 is 15.8 Å². The largest absolute Gasteiger partial charge is 0.497 e. The normalized spacial score (nSPS) is 10.1. The van der Waals surface area contributed by atoms with Crippen molar-refractivity contribution in [3.63, 3.8) is 0 Å². The van der Waals surface area contributed by atoms with Crippen molar-refractivity contribution in [3.05, 3.63) is 53.1 Å². The van der Waals surface area contributed by atoms with Gasteiger partial charge in [-0.1, -0.05) is 23.7 Å². The fourth-order valence-electron chi connectivity index (χ4n) is 1.67. The Morgan fingerprint density at radius 3 is 2.72 bits per heavy atom. The molecular formula is C14H15ClN2O. The molecule has 0 aliphatic carbocycles. The van der Waals surface area contributed by atoms with Gasteiger partial charge in [0.15, 0.2) is 0 Å². The molecule has 0 saturated carbocycles. The fraction of sp³-hybridized carbons (Fsp3) is 0.143. The van der Waals surface area contributed by atoms with Crippen molar-refractivity contribution in [2.75, 3.05) is 18.2 Å². The van der Waals surface area contributed by atoms with E-state index in [4.69, 9.17) is 22.1 Å². The van der Waals surface area contributed by atoms with Gasteiger partial charge in [-0.3, -0.25) is 0 Å². The molecule has 0 amide bonds. The predicted molar refractivity (Wildman–Crippen MR) is 76.2 cm³/mol. The third-order valence-corrected chi connectivity index (χ3v) is 2.87. The van der Waals surface area contributed by atoms with Crippen LogP contribution in [-0.4, -0.2) is 7.11 Å². The van der Waals surface area contributed by atoms with Crippen LogP contribution in [0.3, 0.4) is 0 Å². The zero-order valence-corrected chi connectivity index (χ0v) is 10.9. The molecule has 0 unspecified atom stereocenters.